The Hall–Kier alpha value is 0.01000. The fourth-order valence-electron chi connectivity index (χ4n) is 1.39. The number of rotatable bonds is 6. The third-order valence-corrected chi connectivity index (χ3v) is 5.60. The van der Waals surface area contributed by atoms with E-state index >= 15 is 0 Å². The summed E-state index contributed by atoms with van der Waals surface area (Å²) < 4.78 is 26.8. The van der Waals surface area contributed by atoms with Gasteiger partial charge in [0.05, 0.1) is 18.1 Å². The molecule has 0 bridgehead atoms. The Morgan fingerprint density at radius 1 is 1.11 bits per heavy atom. The van der Waals surface area contributed by atoms with E-state index in [4.69, 9.17) is 10.2 Å². The Bertz CT molecular complexity index is 501. The van der Waals surface area contributed by atoms with Crippen LogP contribution in [-0.4, -0.2) is 49.2 Å². The van der Waals surface area contributed by atoms with Gasteiger partial charge < -0.3 is 10.2 Å². The zero-order chi connectivity index (χ0) is 13.8. The van der Waals surface area contributed by atoms with Gasteiger partial charge in [0.1, 0.15) is 0 Å². The van der Waals surface area contributed by atoms with Crippen molar-refractivity contribution >= 4 is 41.9 Å². The average molecular weight is 403 g/mol. The van der Waals surface area contributed by atoms with Gasteiger partial charge in [-0.3, -0.25) is 0 Å². The molecule has 2 N–H and O–H groups in total. The molecule has 5 nitrogen and oxygen atoms in total. The molecule has 8 heteroatoms. The number of halogens is 2. The van der Waals surface area contributed by atoms with E-state index in [1.54, 1.807) is 12.1 Å². The topological polar surface area (TPSA) is 77.8 Å². The highest BCUT2D eigenvalue weighted by Crippen LogP contribution is 2.28. The molecule has 1 rings (SSSR count). The van der Waals surface area contributed by atoms with Crippen molar-refractivity contribution < 1.29 is 18.6 Å². The maximum Gasteiger partial charge on any atom is 0.244 e. The van der Waals surface area contributed by atoms with Crippen LogP contribution in [0.5, 0.6) is 0 Å². The van der Waals surface area contributed by atoms with Gasteiger partial charge in [-0.15, -0.1) is 0 Å². The van der Waals surface area contributed by atoms with E-state index in [9.17, 15) is 8.42 Å². The van der Waals surface area contributed by atoms with E-state index in [-0.39, 0.29) is 31.2 Å². The smallest absolute Gasteiger partial charge is 0.244 e. The summed E-state index contributed by atoms with van der Waals surface area (Å²) in [5.41, 5.74) is 0. The van der Waals surface area contributed by atoms with Crippen LogP contribution in [0.4, 0.5) is 0 Å². The molecule has 18 heavy (non-hydrogen) atoms. The average Bonchev–Trinajstić information content (AvgIpc) is 2.32. The van der Waals surface area contributed by atoms with Crippen LogP contribution in [0.3, 0.4) is 0 Å². The molecule has 0 aliphatic carbocycles. The van der Waals surface area contributed by atoms with Gasteiger partial charge in [-0.1, -0.05) is 15.9 Å². The fourth-order valence-corrected chi connectivity index (χ4v) is 4.27. The van der Waals surface area contributed by atoms with Gasteiger partial charge in [0.25, 0.3) is 0 Å². The molecule has 0 aliphatic heterocycles. The summed E-state index contributed by atoms with van der Waals surface area (Å²) in [7, 11) is -3.74. The summed E-state index contributed by atoms with van der Waals surface area (Å²) in [6.45, 7) is -0.709. The SMILES string of the molecule is O=S(=O)(c1cc(Br)ccc1Br)N(CCO)CCO. The monoisotopic (exact) mass is 401 g/mol. The molecule has 0 spiro atoms. The van der Waals surface area contributed by atoms with Crippen molar-refractivity contribution in [3.63, 3.8) is 0 Å². The van der Waals surface area contributed by atoms with Crippen LogP contribution < -0.4 is 0 Å². The quantitative estimate of drug-likeness (QED) is 0.749. The van der Waals surface area contributed by atoms with E-state index in [2.05, 4.69) is 31.9 Å². The number of sulfonamides is 1. The van der Waals surface area contributed by atoms with Gasteiger partial charge in [0.15, 0.2) is 0 Å². The number of hydrogen-bond acceptors (Lipinski definition) is 4. The third-order valence-electron chi connectivity index (χ3n) is 2.21. The molecule has 0 amide bonds. The predicted octanol–water partition coefficient (Wildman–Crippen LogP) is 1.19. The second kappa shape index (κ2) is 6.97. The molecule has 0 aromatic heterocycles. The summed E-state index contributed by atoms with van der Waals surface area (Å²) in [6, 6.07) is 4.81. The molecule has 102 valence electrons. The summed E-state index contributed by atoms with van der Waals surface area (Å²) in [5.74, 6) is 0. The summed E-state index contributed by atoms with van der Waals surface area (Å²) in [5, 5.41) is 17.8. The van der Waals surface area contributed by atoms with Gasteiger partial charge in [-0.05, 0) is 34.1 Å². The van der Waals surface area contributed by atoms with Crippen molar-refractivity contribution in [2.24, 2.45) is 0 Å². The second-order valence-corrected chi connectivity index (χ2v) is 7.10. The lowest BCUT2D eigenvalue weighted by molar-refractivity contribution is 0.217. The molecular weight excluding hydrogens is 390 g/mol. The van der Waals surface area contributed by atoms with Gasteiger partial charge in [0.2, 0.25) is 10.0 Å². The van der Waals surface area contributed by atoms with Crippen LogP contribution in [0.25, 0.3) is 0 Å². The standard InChI is InChI=1S/C10H13Br2NO4S/c11-8-1-2-9(12)10(7-8)18(16,17)13(3-5-14)4-6-15/h1-2,7,14-15H,3-6H2. The van der Waals surface area contributed by atoms with Crippen LogP contribution in [0.1, 0.15) is 0 Å². The van der Waals surface area contributed by atoms with Crippen LogP contribution in [-0.2, 0) is 10.0 Å². The van der Waals surface area contributed by atoms with Gasteiger partial charge >= 0.3 is 0 Å². The minimum Gasteiger partial charge on any atom is -0.395 e. The Balaban J connectivity index is 3.21. The largest absolute Gasteiger partial charge is 0.395 e. The Morgan fingerprint density at radius 2 is 1.67 bits per heavy atom. The zero-order valence-electron chi connectivity index (χ0n) is 9.38. The van der Waals surface area contributed by atoms with Gasteiger partial charge in [-0.25, -0.2) is 8.42 Å². The first-order valence-electron chi connectivity index (χ1n) is 5.10. The number of aliphatic hydroxyl groups excluding tert-OH is 2. The van der Waals surface area contributed by atoms with E-state index < -0.39 is 10.0 Å². The zero-order valence-corrected chi connectivity index (χ0v) is 13.4. The van der Waals surface area contributed by atoms with Crippen molar-refractivity contribution in [1.29, 1.82) is 0 Å². The number of hydrogen-bond donors (Lipinski definition) is 2. The Morgan fingerprint density at radius 3 is 2.17 bits per heavy atom. The first kappa shape index (κ1) is 16.1. The highest BCUT2D eigenvalue weighted by atomic mass is 79.9. The van der Waals surface area contributed by atoms with Crippen molar-refractivity contribution in [3.05, 3.63) is 27.1 Å². The fraction of sp³-hybridized carbons (Fsp3) is 0.400. The molecule has 0 fully saturated rings. The maximum atomic E-state index is 12.3. The molecule has 0 unspecified atom stereocenters. The first-order chi connectivity index (χ1) is 8.43. The number of aliphatic hydroxyl groups is 2. The van der Waals surface area contributed by atoms with Crippen LogP contribution >= 0.6 is 31.9 Å². The summed E-state index contributed by atoms with van der Waals surface area (Å²) in [4.78, 5) is 0.0961. The Labute approximate surface area is 123 Å². The van der Waals surface area contributed by atoms with Gasteiger partial charge in [0, 0.05) is 22.0 Å². The van der Waals surface area contributed by atoms with Crippen molar-refractivity contribution in [2.45, 2.75) is 4.90 Å². The molecule has 0 aliphatic rings. The second-order valence-electron chi connectivity index (χ2n) is 3.43. The molecule has 1 aromatic rings. The molecule has 0 heterocycles. The summed E-state index contributed by atoms with van der Waals surface area (Å²) >= 11 is 6.40. The molecular formula is C10H13Br2NO4S. The predicted molar refractivity (Wildman–Crippen MR) is 74.8 cm³/mol. The van der Waals surface area contributed by atoms with Crippen molar-refractivity contribution in [1.82, 2.24) is 4.31 Å². The molecule has 0 atom stereocenters. The minimum absolute atomic E-state index is 0.0537. The lowest BCUT2D eigenvalue weighted by atomic mass is 10.4. The maximum absolute atomic E-state index is 12.3. The first-order valence-corrected chi connectivity index (χ1v) is 8.13. The Kier molecular flexibility index (Phi) is 6.22. The molecule has 0 saturated heterocycles. The molecule has 1 aromatic carbocycles. The third kappa shape index (κ3) is 3.75. The van der Waals surface area contributed by atoms with E-state index in [1.165, 1.54) is 6.07 Å². The van der Waals surface area contributed by atoms with Gasteiger partial charge in [-0.2, -0.15) is 4.31 Å². The number of benzene rings is 1. The van der Waals surface area contributed by atoms with Crippen LogP contribution in [0.2, 0.25) is 0 Å². The van der Waals surface area contributed by atoms with E-state index in [0.717, 1.165) is 4.31 Å². The lowest BCUT2D eigenvalue weighted by Crippen LogP contribution is -2.36. The van der Waals surface area contributed by atoms with Crippen LogP contribution in [0.15, 0.2) is 32.0 Å². The molecule has 0 saturated carbocycles. The highest BCUT2D eigenvalue weighted by molar-refractivity contribution is 9.11. The van der Waals surface area contributed by atoms with Crippen LogP contribution in [0, 0.1) is 0 Å². The minimum atomic E-state index is -3.74. The van der Waals surface area contributed by atoms with E-state index in [1.807, 2.05) is 0 Å². The molecule has 0 radical (unpaired) electrons. The van der Waals surface area contributed by atoms with Crippen molar-refractivity contribution in [2.75, 3.05) is 26.3 Å². The highest BCUT2D eigenvalue weighted by Gasteiger charge is 2.25. The normalized spacial score (nSPS) is 12.1. The van der Waals surface area contributed by atoms with E-state index in [0.29, 0.717) is 8.95 Å². The van der Waals surface area contributed by atoms with Crippen molar-refractivity contribution in [3.8, 4) is 0 Å². The number of nitrogens with zero attached hydrogens (tertiary/aromatic N) is 1. The summed E-state index contributed by atoms with van der Waals surface area (Å²) in [6.07, 6.45) is 0. The lowest BCUT2D eigenvalue weighted by Gasteiger charge is -2.21.